The van der Waals surface area contributed by atoms with Gasteiger partial charge in [0.1, 0.15) is 0 Å². The fraction of sp³-hybridized carbons (Fsp3) is 1.00. The summed E-state index contributed by atoms with van der Waals surface area (Å²) >= 11 is 0. The van der Waals surface area contributed by atoms with Crippen LogP contribution in [-0.2, 0) is 8.85 Å². The van der Waals surface area contributed by atoms with Gasteiger partial charge in [-0.1, -0.05) is 40.0 Å². The molecule has 0 aliphatic heterocycles. The van der Waals surface area contributed by atoms with E-state index < -0.39 is 9.28 Å². The van der Waals surface area contributed by atoms with Gasteiger partial charge in [0, 0.05) is 13.2 Å². The van der Waals surface area contributed by atoms with Crippen molar-refractivity contribution in [2.24, 2.45) is 0 Å². The van der Waals surface area contributed by atoms with Crippen LogP contribution >= 0.6 is 0 Å². The predicted octanol–water partition coefficient (Wildman–Crippen LogP) is 5.28. The fourth-order valence-corrected chi connectivity index (χ4v) is 5.47. The van der Waals surface area contributed by atoms with Crippen molar-refractivity contribution in [1.29, 1.82) is 0 Å². The molecule has 1 atom stereocenters. The van der Waals surface area contributed by atoms with Gasteiger partial charge in [-0.25, -0.2) is 0 Å². The van der Waals surface area contributed by atoms with E-state index in [-0.39, 0.29) is 0 Å². The Bertz CT molecular complexity index is 262. The number of hydrogen-bond donors (Lipinski definition) is 0. The average Bonchev–Trinajstić information content (AvgIpc) is 2.57. The molecule has 0 aliphatic carbocycles. The molecular weight excluding hydrogens is 314 g/mol. The standard InChI is InChI=1S/C20H46NO2Si/c1-7-12-17-21(6,18-13-8-2)20(15-9-3)16-14-19-24(22-10-4)23-11-5/h20,24H,7-19H2,1-6H3/q+1. The molecule has 0 amide bonds. The largest absolute Gasteiger partial charge is 0.397 e. The molecule has 0 aromatic rings. The van der Waals surface area contributed by atoms with Crippen LogP contribution in [0.15, 0.2) is 0 Å². The zero-order chi connectivity index (χ0) is 18.3. The molecule has 0 fully saturated rings. The van der Waals surface area contributed by atoms with E-state index in [1.807, 2.05) is 0 Å². The Labute approximate surface area is 154 Å². The predicted molar refractivity (Wildman–Crippen MR) is 109 cm³/mol. The van der Waals surface area contributed by atoms with Crippen molar-refractivity contribution in [1.82, 2.24) is 0 Å². The molecule has 24 heavy (non-hydrogen) atoms. The zero-order valence-electron chi connectivity index (χ0n) is 17.6. The first-order valence-electron chi connectivity index (χ1n) is 10.6. The third kappa shape index (κ3) is 10.2. The van der Waals surface area contributed by atoms with Crippen LogP contribution in [-0.4, -0.2) is 53.2 Å². The van der Waals surface area contributed by atoms with Crippen LogP contribution in [0.1, 0.15) is 86.0 Å². The summed E-state index contributed by atoms with van der Waals surface area (Å²) in [6.07, 6.45) is 10.6. The van der Waals surface area contributed by atoms with Gasteiger partial charge in [-0.05, 0) is 52.0 Å². The lowest BCUT2D eigenvalue weighted by Gasteiger charge is -2.42. The van der Waals surface area contributed by atoms with E-state index in [1.165, 1.54) is 75.0 Å². The average molecular weight is 361 g/mol. The van der Waals surface area contributed by atoms with Crippen LogP contribution in [0.25, 0.3) is 0 Å². The Hall–Kier alpha value is 0.0969. The molecule has 146 valence electrons. The first kappa shape index (κ1) is 24.1. The molecule has 0 saturated heterocycles. The SMILES string of the molecule is CCCC[N+](C)(CCCC)C(CCC)CCC[SiH](OCC)OCC. The molecule has 1 unspecified atom stereocenters. The highest BCUT2D eigenvalue weighted by Crippen LogP contribution is 2.24. The molecule has 0 spiro atoms. The minimum Gasteiger partial charge on any atom is -0.397 e. The third-order valence-corrected chi connectivity index (χ3v) is 7.52. The van der Waals surface area contributed by atoms with Gasteiger partial charge in [0.25, 0.3) is 0 Å². The highest BCUT2D eigenvalue weighted by Gasteiger charge is 2.31. The monoisotopic (exact) mass is 360 g/mol. The number of rotatable bonds is 17. The third-order valence-electron chi connectivity index (χ3n) is 5.23. The van der Waals surface area contributed by atoms with Crippen LogP contribution in [0.4, 0.5) is 0 Å². The first-order chi connectivity index (χ1) is 11.6. The topological polar surface area (TPSA) is 18.5 Å². The highest BCUT2D eigenvalue weighted by molar-refractivity contribution is 6.44. The van der Waals surface area contributed by atoms with E-state index in [0.717, 1.165) is 19.3 Å². The fourth-order valence-electron chi connectivity index (χ4n) is 3.72. The summed E-state index contributed by atoms with van der Waals surface area (Å²) in [6.45, 7) is 15.4. The second-order valence-corrected chi connectivity index (χ2v) is 9.45. The molecule has 0 radical (unpaired) electrons. The van der Waals surface area contributed by atoms with E-state index in [2.05, 4.69) is 41.7 Å². The first-order valence-corrected chi connectivity index (χ1v) is 12.4. The molecule has 0 bridgehead atoms. The van der Waals surface area contributed by atoms with E-state index in [1.54, 1.807) is 0 Å². The second kappa shape index (κ2) is 15.4. The minimum atomic E-state index is -1.42. The Morgan fingerprint density at radius 3 is 1.71 bits per heavy atom. The maximum atomic E-state index is 5.85. The molecular formula is C20H46NO2Si+. The van der Waals surface area contributed by atoms with Gasteiger partial charge < -0.3 is 13.3 Å². The van der Waals surface area contributed by atoms with Crippen molar-refractivity contribution in [3.05, 3.63) is 0 Å². The lowest BCUT2D eigenvalue weighted by molar-refractivity contribution is -0.934. The lowest BCUT2D eigenvalue weighted by Crippen LogP contribution is -2.53. The van der Waals surface area contributed by atoms with Gasteiger partial charge in [-0.3, -0.25) is 0 Å². The van der Waals surface area contributed by atoms with Crippen LogP contribution in [0.5, 0.6) is 0 Å². The Morgan fingerprint density at radius 2 is 1.29 bits per heavy atom. The quantitative estimate of drug-likeness (QED) is 0.260. The van der Waals surface area contributed by atoms with Gasteiger partial charge >= 0.3 is 9.28 Å². The number of unbranched alkanes of at least 4 members (excludes halogenated alkanes) is 2. The van der Waals surface area contributed by atoms with Gasteiger partial charge in [0.05, 0.1) is 26.2 Å². The lowest BCUT2D eigenvalue weighted by atomic mass is 10.0. The smallest absolute Gasteiger partial charge is 0.321 e. The number of hydrogen-bond acceptors (Lipinski definition) is 2. The van der Waals surface area contributed by atoms with Crippen molar-refractivity contribution < 1.29 is 13.3 Å². The van der Waals surface area contributed by atoms with Gasteiger partial charge in [0.2, 0.25) is 0 Å². The van der Waals surface area contributed by atoms with Crippen LogP contribution in [0, 0.1) is 0 Å². The van der Waals surface area contributed by atoms with Gasteiger partial charge in [-0.15, -0.1) is 0 Å². The molecule has 0 aromatic heterocycles. The Kier molecular flexibility index (Phi) is 15.4. The Morgan fingerprint density at radius 1 is 0.750 bits per heavy atom. The molecule has 0 N–H and O–H groups in total. The molecule has 3 nitrogen and oxygen atoms in total. The van der Waals surface area contributed by atoms with E-state index >= 15 is 0 Å². The summed E-state index contributed by atoms with van der Waals surface area (Å²) in [7, 11) is 1.10. The normalized spacial score (nSPS) is 13.6. The summed E-state index contributed by atoms with van der Waals surface area (Å²) in [5.41, 5.74) is 0. The number of nitrogens with zero attached hydrogens (tertiary/aromatic N) is 1. The van der Waals surface area contributed by atoms with Crippen molar-refractivity contribution in [3.63, 3.8) is 0 Å². The molecule has 0 aromatic carbocycles. The summed E-state index contributed by atoms with van der Waals surface area (Å²) in [6, 6.07) is 1.98. The summed E-state index contributed by atoms with van der Waals surface area (Å²) in [5.74, 6) is 0. The minimum absolute atomic E-state index is 0.802. The van der Waals surface area contributed by atoms with Crippen LogP contribution in [0.3, 0.4) is 0 Å². The highest BCUT2D eigenvalue weighted by atomic mass is 28.3. The Balaban J connectivity index is 4.68. The van der Waals surface area contributed by atoms with Crippen molar-refractivity contribution in [3.8, 4) is 0 Å². The summed E-state index contributed by atoms with van der Waals surface area (Å²) in [4.78, 5) is 0. The second-order valence-electron chi connectivity index (χ2n) is 7.35. The zero-order valence-corrected chi connectivity index (χ0v) is 18.8. The van der Waals surface area contributed by atoms with Crippen LogP contribution in [0.2, 0.25) is 6.04 Å². The van der Waals surface area contributed by atoms with Crippen molar-refractivity contribution >= 4 is 9.28 Å². The van der Waals surface area contributed by atoms with Crippen molar-refractivity contribution in [2.75, 3.05) is 33.4 Å². The maximum Gasteiger partial charge on any atom is 0.321 e. The van der Waals surface area contributed by atoms with E-state index in [9.17, 15) is 0 Å². The molecule has 0 rings (SSSR count). The molecule has 0 heterocycles. The molecule has 0 aliphatic rings. The van der Waals surface area contributed by atoms with E-state index in [0.29, 0.717) is 0 Å². The van der Waals surface area contributed by atoms with Crippen LogP contribution < -0.4 is 0 Å². The summed E-state index contributed by atoms with van der Waals surface area (Å²) in [5, 5.41) is 0. The van der Waals surface area contributed by atoms with Gasteiger partial charge in [0.15, 0.2) is 0 Å². The molecule has 4 heteroatoms. The van der Waals surface area contributed by atoms with Crippen molar-refractivity contribution in [2.45, 2.75) is 98.1 Å². The number of quaternary nitrogens is 1. The summed E-state index contributed by atoms with van der Waals surface area (Å²) < 4.78 is 13.0. The van der Waals surface area contributed by atoms with Gasteiger partial charge in [-0.2, -0.15) is 0 Å². The van der Waals surface area contributed by atoms with E-state index in [4.69, 9.17) is 8.85 Å². The molecule has 0 saturated carbocycles. The maximum absolute atomic E-state index is 5.85.